The summed E-state index contributed by atoms with van der Waals surface area (Å²) >= 11 is 0. The summed E-state index contributed by atoms with van der Waals surface area (Å²) in [4.78, 5) is 4.45. The highest BCUT2D eigenvalue weighted by Gasteiger charge is 2.18. The molecule has 21 heavy (non-hydrogen) atoms. The summed E-state index contributed by atoms with van der Waals surface area (Å²) in [5, 5.41) is 3.01. The fraction of sp³-hybridized carbons (Fsp3) is 0.267. The number of nitrogens with zero attached hydrogens (tertiary/aromatic N) is 1. The molecule has 0 amide bonds. The lowest BCUT2D eigenvalue weighted by atomic mass is 10.1. The average Bonchev–Trinajstić information content (AvgIpc) is 2.40. The van der Waals surface area contributed by atoms with Crippen LogP contribution in [0.3, 0.4) is 0 Å². The Labute approximate surface area is 125 Å². The maximum Gasteiger partial charge on any atom is 0.263 e. The van der Waals surface area contributed by atoms with Crippen LogP contribution in [0.1, 0.15) is 16.8 Å². The van der Waals surface area contributed by atoms with Gasteiger partial charge in [-0.15, -0.1) is 0 Å². The van der Waals surface area contributed by atoms with Crippen molar-refractivity contribution in [2.75, 3.05) is 11.8 Å². The Kier molecular flexibility index (Phi) is 4.59. The molecule has 112 valence electrons. The fourth-order valence-electron chi connectivity index (χ4n) is 2.04. The first-order chi connectivity index (χ1) is 9.92. The van der Waals surface area contributed by atoms with Crippen molar-refractivity contribution >= 4 is 15.8 Å². The summed E-state index contributed by atoms with van der Waals surface area (Å²) in [6.07, 6.45) is 0. The van der Waals surface area contributed by atoms with E-state index in [-0.39, 0.29) is 4.90 Å². The molecule has 0 aliphatic heterocycles. The van der Waals surface area contributed by atoms with E-state index in [2.05, 4.69) is 15.0 Å². The number of benzene rings is 1. The van der Waals surface area contributed by atoms with Gasteiger partial charge in [0.2, 0.25) is 0 Å². The number of aryl methyl sites for hydroxylation is 2. The number of sulfonamides is 1. The van der Waals surface area contributed by atoms with Gasteiger partial charge < -0.3 is 5.32 Å². The summed E-state index contributed by atoms with van der Waals surface area (Å²) in [5.74, 6) is 0.327. The van der Waals surface area contributed by atoms with E-state index in [1.54, 1.807) is 25.1 Å². The van der Waals surface area contributed by atoms with Crippen LogP contribution < -0.4 is 10.0 Å². The number of aromatic nitrogens is 1. The first-order valence-electron chi connectivity index (χ1n) is 6.63. The maximum atomic E-state index is 12.5. The van der Waals surface area contributed by atoms with Crippen molar-refractivity contribution in [3.8, 4) is 0 Å². The number of hydrogen-bond acceptors (Lipinski definition) is 4. The molecule has 2 aromatic rings. The van der Waals surface area contributed by atoms with Crippen molar-refractivity contribution in [2.45, 2.75) is 25.3 Å². The zero-order chi connectivity index (χ0) is 15.5. The van der Waals surface area contributed by atoms with Crippen LogP contribution in [0.4, 0.5) is 5.82 Å². The first kappa shape index (κ1) is 15.5. The minimum Gasteiger partial charge on any atom is -0.316 e. The highest BCUT2D eigenvalue weighted by molar-refractivity contribution is 7.92. The summed E-state index contributed by atoms with van der Waals surface area (Å²) in [7, 11) is -1.82. The molecule has 0 fully saturated rings. The smallest absolute Gasteiger partial charge is 0.263 e. The monoisotopic (exact) mass is 305 g/mol. The third-order valence-corrected chi connectivity index (χ3v) is 4.55. The van der Waals surface area contributed by atoms with Gasteiger partial charge in [-0.05, 0) is 50.2 Å². The second-order valence-corrected chi connectivity index (χ2v) is 6.55. The molecule has 5 nitrogen and oxygen atoms in total. The molecule has 6 heteroatoms. The number of hydrogen-bond donors (Lipinski definition) is 2. The van der Waals surface area contributed by atoms with E-state index in [1.807, 2.05) is 32.2 Å². The molecule has 1 heterocycles. The predicted octanol–water partition coefficient (Wildman–Crippen LogP) is 2.22. The Morgan fingerprint density at radius 2 is 1.90 bits per heavy atom. The molecule has 1 aromatic carbocycles. The van der Waals surface area contributed by atoms with Crippen LogP contribution >= 0.6 is 0 Å². The van der Waals surface area contributed by atoms with Crippen LogP contribution in [0.25, 0.3) is 0 Å². The number of rotatable bonds is 5. The van der Waals surface area contributed by atoms with Gasteiger partial charge >= 0.3 is 0 Å². The van der Waals surface area contributed by atoms with Crippen molar-refractivity contribution in [3.63, 3.8) is 0 Å². The van der Waals surface area contributed by atoms with Gasteiger partial charge in [-0.25, -0.2) is 13.4 Å². The summed E-state index contributed by atoms with van der Waals surface area (Å²) < 4.78 is 27.6. The topological polar surface area (TPSA) is 71.1 Å². The zero-order valence-electron chi connectivity index (χ0n) is 12.3. The van der Waals surface area contributed by atoms with Crippen molar-refractivity contribution in [2.24, 2.45) is 0 Å². The fourth-order valence-corrected chi connectivity index (χ4v) is 3.34. The number of pyridine rings is 1. The molecule has 0 spiro atoms. The molecule has 2 rings (SSSR count). The Bertz CT molecular complexity index is 742. The number of anilines is 1. The zero-order valence-corrected chi connectivity index (χ0v) is 13.2. The Hall–Kier alpha value is -1.92. The molecule has 0 aliphatic rings. The summed E-state index contributed by atoms with van der Waals surface area (Å²) in [6, 6.07) is 10.6. The minimum atomic E-state index is -3.64. The normalized spacial score (nSPS) is 11.4. The highest BCUT2D eigenvalue weighted by atomic mass is 32.2. The van der Waals surface area contributed by atoms with Gasteiger partial charge in [0.25, 0.3) is 10.0 Å². The van der Waals surface area contributed by atoms with E-state index in [0.717, 1.165) is 11.3 Å². The van der Waals surface area contributed by atoms with Gasteiger partial charge in [-0.3, -0.25) is 4.72 Å². The molecule has 0 saturated carbocycles. The minimum absolute atomic E-state index is 0.276. The summed E-state index contributed by atoms with van der Waals surface area (Å²) in [5.41, 5.74) is 2.38. The van der Waals surface area contributed by atoms with E-state index in [0.29, 0.717) is 17.9 Å². The molecule has 0 bridgehead atoms. The Balaban J connectivity index is 2.37. The van der Waals surface area contributed by atoms with Crippen molar-refractivity contribution in [1.29, 1.82) is 0 Å². The van der Waals surface area contributed by atoms with Crippen LogP contribution in [0.2, 0.25) is 0 Å². The second kappa shape index (κ2) is 6.24. The van der Waals surface area contributed by atoms with Crippen molar-refractivity contribution < 1.29 is 8.42 Å². The molecule has 0 aliphatic carbocycles. The SMILES string of the molecule is CNCc1ccc(C)c(S(=O)(=O)Nc2cccc(C)n2)c1. The van der Waals surface area contributed by atoms with Crippen LogP contribution in [0.5, 0.6) is 0 Å². The van der Waals surface area contributed by atoms with Gasteiger partial charge in [0, 0.05) is 12.2 Å². The van der Waals surface area contributed by atoms with E-state index in [9.17, 15) is 8.42 Å². The molecular weight excluding hydrogens is 286 g/mol. The van der Waals surface area contributed by atoms with Gasteiger partial charge in [0.05, 0.1) is 4.90 Å². The number of nitrogens with one attached hydrogen (secondary N) is 2. The van der Waals surface area contributed by atoms with Crippen molar-refractivity contribution in [1.82, 2.24) is 10.3 Å². The van der Waals surface area contributed by atoms with Gasteiger partial charge in [0.1, 0.15) is 5.82 Å². The predicted molar refractivity (Wildman–Crippen MR) is 83.7 cm³/mol. The third kappa shape index (κ3) is 3.80. The quantitative estimate of drug-likeness (QED) is 0.888. The second-order valence-electron chi connectivity index (χ2n) is 4.90. The third-order valence-electron chi connectivity index (χ3n) is 3.05. The molecule has 0 unspecified atom stereocenters. The lowest BCUT2D eigenvalue weighted by Gasteiger charge is -2.12. The molecule has 0 atom stereocenters. The average molecular weight is 305 g/mol. The largest absolute Gasteiger partial charge is 0.316 e. The Morgan fingerprint density at radius 3 is 2.57 bits per heavy atom. The Morgan fingerprint density at radius 1 is 1.14 bits per heavy atom. The maximum absolute atomic E-state index is 12.5. The van der Waals surface area contributed by atoms with E-state index >= 15 is 0 Å². The van der Waals surface area contributed by atoms with E-state index in [4.69, 9.17) is 0 Å². The lowest BCUT2D eigenvalue weighted by molar-refractivity contribution is 0.600. The molecule has 1 aromatic heterocycles. The molecule has 0 radical (unpaired) electrons. The van der Waals surface area contributed by atoms with Crippen LogP contribution in [0.15, 0.2) is 41.3 Å². The van der Waals surface area contributed by atoms with Gasteiger partial charge in [-0.1, -0.05) is 18.2 Å². The standard InChI is InChI=1S/C15H19N3O2S/c1-11-7-8-13(10-16-3)9-14(11)21(19,20)18-15-6-4-5-12(2)17-15/h4-9,16H,10H2,1-3H3,(H,17,18). The summed E-state index contributed by atoms with van der Waals surface area (Å²) in [6.45, 7) is 4.21. The van der Waals surface area contributed by atoms with Gasteiger partial charge in [-0.2, -0.15) is 0 Å². The van der Waals surface area contributed by atoms with E-state index < -0.39 is 10.0 Å². The first-order valence-corrected chi connectivity index (χ1v) is 8.11. The highest BCUT2D eigenvalue weighted by Crippen LogP contribution is 2.20. The van der Waals surface area contributed by atoms with Crippen LogP contribution in [0, 0.1) is 13.8 Å². The molecule has 2 N–H and O–H groups in total. The van der Waals surface area contributed by atoms with Crippen LogP contribution in [-0.2, 0) is 16.6 Å². The molecular formula is C15H19N3O2S. The van der Waals surface area contributed by atoms with E-state index in [1.165, 1.54) is 0 Å². The van der Waals surface area contributed by atoms with Gasteiger partial charge in [0.15, 0.2) is 0 Å². The lowest BCUT2D eigenvalue weighted by Crippen LogP contribution is -2.16. The molecule has 0 saturated heterocycles. The van der Waals surface area contributed by atoms with Crippen LogP contribution in [-0.4, -0.2) is 20.4 Å². The van der Waals surface area contributed by atoms with Crippen molar-refractivity contribution in [3.05, 3.63) is 53.2 Å².